The first-order valence-electron chi connectivity index (χ1n) is 10.4. The maximum Gasteiger partial charge on any atom is 0.413 e. The van der Waals surface area contributed by atoms with Gasteiger partial charge in [-0.2, -0.15) is 0 Å². The van der Waals surface area contributed by atoms with Crippen LogP contribution in [0.4, 0.5) is 25.2 Å². The minimum absolute atomic E-state index is 0.0829. The lowest BCUT2D eigenvalue weighted by molar-refractivity contribution is -0.0984. The first-order chi connectivity index (χ1) is 14.3. The molecule has 0 fully saturated rings. The van der Waals surface area contributed by atoms with Crippen molar-refractivity contribution in [1.29, 1.82) is 0 Å². The van der Waals surface area contributed by atoms with E-state index in [0.717, 1.165) is 50.7 Å². The third-order valence-corrected chi connectivity index (χ3v) is 5.02. The number of pyridine rings is 2. The van der Waals surface area contributed by atoms with Crippen molar-refractivity contribution in [1.82, 2.24) is 9.97 Å². The number of nitrogens with zero attached hydrogens (tertiary/aromatic N) is 3. The molecule has 3 rings (SSSR count). The van der Waals surface area contributed by atoms with Gasteiger partial charge in [0.25, 0.3) is 5.92 Å². The van der Waals surface area contributed by atoms with Crippen molar-refractivity contribution >= 4 is 17.7 Å². The molecule has 1 atom stereocenters. The van der Waals surface area contributed by atoms with Crippen molar-refractivity contribution in [2.24, 2.45) is 0 Å². The maximum absolute atomic E-state index is 14.3. The Morgan fingerprint density at radius 2 is 1.90 bits per heavy atom. The van der Waals surface area contributed by atoms with E-state index in [1.807, 2.05) is 19.1 Å². The molecule has 0 spiro atoms. The Balaban J connectivity index is 2.18. The number of carbonyl (C=O) groups is 1. The van der Waals surface area contributed by atoms with Gasteiger partial charge < -0.3 is 9.64 Å². The number of amides is 1. The van der Waals surface area contributed by atoms with Crippen molar-refractivity contribution in [2.75, 3.05) is 23.3 Å². The van der Waals surface area contributed by atoms with Gasteiger partial charge in [0, 0.05) is 31.8 Å². The van der Waals surface area contributed by atoms with Crippen LogP contribution in [-0.2, 0) is 11.2 Å². The Kier molecular flexibility index (Phi) is 6.53. The summed E-state index contributed by atoms with van der Waals surface area (Å²) >= 11 is 0. The van der Waals surface area contributed by atoms with Gasteiger partial charge in [0.2, 0.25) is 0 Å². The van der Waals surface area contributed by atoms with Crippen molar-refractivity contribution in [3.63, 3.8) is 0 Å². The number of alkyl halides is 2. The van der Waals surface area contributed by atoms with Gasteiger partial charge in [-0.25, -0.2) is 23.5 Å². The number of aromatic nitrogens is 2. The van der Waals surface area contributed by atoms with Crippen LogP contribution in [0.3, 0.4) is 0 Å². The molecule has 1 N–H and O–H groups in total. The van der Waals surface area contributed by atoms with Gasteiger partial charge in [0.05, 0.1) is 11.3 Å². The number of hydrogen-bond acceptors (Lipinski definition) is 5. The lowest BCUT2D eigenvalue weighted by atomic mass is 9.95. The molecule has 1 aliphatic heterocycles. The van der Waals surface area contributed by atoms with Crippen LogP contribution in [0.5, 0.6) is 0 Å². The highest BCUT2D eigenvalue weighted by atomic mass is 19.3. The number of anilines is 2. The van der Waals surface area contributed by atoms with Gasteiger partial charge >= 0.3 is 6.09 Å². The Labute approximate surface area is 175 Å². The molecular weight excluding hydrogens is 390 g/mol. The van der Waals surface area contributed by atoms with E-state index in [-0.39, 0.29) is 11.4 Å². The monoisotopic (exact) mass is 418 g/mol. The van der Waals surface area contributed by atoms with E-state index in [1.54, 1.807) is 6.07 Å². The molecule has 2 aromatic rings. The SMILES string of the molecule is CCCN(CCC)c1cc(CC)cc(-c2ccnc3c2[C@H](C(C)(F)F)OC(=O)N3)n1. The fourth-order valence-corrected chi connectivity index (χ4v) is 3.67. The molecule has 0 saturated carbocycles. The molecule has 30 heavy (non-hydrogen) atoms. The fourth-order valence-electron chi connectivity index (χ4n) is 3.67. The number of cyclic esters (lactones) is 1. The highest BCUT2D eigenvalue weighted by Crippen LogP contribution is 2.44. The van der Waals surface area contributed by atoms with E-state index >= 15 is 0 Å². The molecule has 0 bridgehead atoms. The van der Waals surface area contributed by atoms with E-state index in [1.165, 1.54) is 6.20 Å². The second kappa shape index (κ2) is 8.93. The summed E-state index contributed by atoms with van der Waals surface area (Å²) in [5, 5.41) is 2.43. The summed E-state index contributed by atoms with van der Waals surface area (Å²) in [5.41, 5.74) is 2.25. The minimum atomic E-state index is -3.27. The predicted molar refractivity (Wildman–Crippen MR) is 113 cm³/mol. The summed E-state index contributed by atoms with van der Waals surface area (Å²) in [6, 6.07) is 5.59. The first-order valence-corrected chi connectivity index (χ1v) is 10.4. The van der Waals surface area contributed by atoms with Crippen LogP contribution in [-0.4, -0.2) is 35.1 Å². The molecule has 0 saturated heterocycles. The largest absolute Gasteiger partial charge is 0.434 e. The van der Waals surface area contributed by atoms with Crippen LogP contribution < -0.4 is 10.2 Å². The van der Waals surface area contributed by atoms with Crippen molar-refractivity contribution < 1.29 is 18.3 Å². The van der Waals surface area contributed by atoms with Gasteiger partial charge in [-0.05, 0) is 43.0 Å². The van der Waals surface area contributed by atoms with Gasteiger partial charge in [0.1, 0.15) is 11.6 Å². The quantitative estimate of drug-likeness (QED) is 0.605. The molecule has 0 aromatic carbocycles. The molecule has 0 unspecified atom stereocenters. The minimum Gasteiger partial charge on any atom is -0.434 e. The molecule has 2 aromatic heterocycles. The predicted octanol–water partition coefficient (Wildman–Crippen LogP) is 5.59. The summed E-state index contributed by atoms with van der Waals surface area (Å²) in [7, 11) is 0. The first kappa shape index (κ1) is 21.9. The number of carbonyl (C=O) groups excluding carboxylic acids is 1. The van der Waals surface area contributed by atoms with Crippen LogP contribution >= 0.6 is 0 Å². The van der Waals surface area contributed by atoms with Crippen molar-refractivity contribution in [2.45, 2.75) is 59.0 Å². The Morgan fingerprint density at radius 1 is 1.20 bits per heavy atom. The number of ether oxygens (including phenoxy) is 1. The number of aryl methyl sites for hydroxylation is 1. The third kappa shape index (κ3) is 4.52. The van der Waals surface area contributed by atoms with Crippen molar-refractivity contribution in [3.05, 3.63) is 35.5 Å². The number of rotatable bonds is 8. The number of hydrogen-bond donors (Lipinski definition) is 1. The van der Waals surface area contributed by atoms with E-state index in [2.05, 4.69) is 29.0 Å². The maximum atomic E-state index is 14.3. The lowest BCUT2D eigenvalue weighted by Crippen LogP contribution is -2.35. The molecule has 3 heterocycles. The third-order valence-electron chi connectivity index (χ3n) is 5.02. The highest BCUT2D eigenvalue weighted by molar-refractivity contribution is 5.89. The summed E-state index contributed by atoms with van der Waals surface area (Å²) < 4.78 is 33.7. The van der Waals surface area contributed by atoms with Crippen LogP contribution in [0.25, 0.3) is 11.3 Å². The summed E-state index contributed by atoms with van der Waals surface area (Å²) in [4.78, 5) is 22.9. The molecule has 0 aliphatic carbocycles. The Morgan fingerprint density at radius 3 is 2.50 bits per heavy atom. The topological polar surface area (TPSA) is 67.4 Å². The van der Waals surface area contributed by atoms with Gasteiger partial charge in [-0.15, -0.1) is 0 Å². The Bertz CT molecular complexity index is 908. The van der Waals surface area contributed by atoms with E-state index in [4.69, 9.17) is 9.72 Å². The number of fused-ring (bicyclic) bond motifs is 1. The van der Waals surface area contributed by atoms with E-state index in [0.29, 0.717) is 11.3 Å². The van der Waals surface area contributed by atoms with Gasteiger partial charge in [0.15, 0.2) is 6.10 Å². The molecule has 1 amide bonds. The van der Waals surface area contributed by atoms with Gasteiger partial charge in [-0.3, -0.25) is 5.32 Å². The summed E-state index contributed by atoms with van der Waals surface area (Å²) in [6.45, 7) is 8.72. The second-order valence-corrected chi connectivity index (χ2v) is 7.55. The highest BCUT2D eigenvalue weighted by Gasteiger charge is 2.45. The van der Waals surface area contributed by atoms with E-state index < -0.39 is 18.1 Å². The second-order valence-electron chi connectivity index (χ2n) is 7.55. The zero-order chi connectivity index (χ0) is 21.9. The fraction of sp³-hybridized carbons (Fsp3) is 0.500. The van der Waals surface area contributed by atoms with Crippen LogP contribution in [0.2, 0.25) is 0 Å². The van der Waals surface area contributed by atoms with Crippen LogP contribution in [0.1, 0.15) is 57.8 Å². The molecule has 162 valence electrons. The van der Waals surface area contributed by atoms with Crippen LogP contribution in [0, 0.1) is 0 Å². The van der Waals surface area contributed by atoms with Crippen LogP contribution in [0.15, 0.2) is 24.4 Å². The van der Waals surface area contributed by atoms with Crippen molar-refractivity contribution in [3.8, 4) is 11.3 Å². The molecule has 6 nitrogen and oxygen atoms in total. The number of halogens is 2. The average molecular weight is 418 g/mol. The molecule has 0 radical (unpaired) electrons. The van der Waals surface area contributed by atoms with Gasteiger partial charge in [-0.1, -0.05) is 20.8 Å². The molecule has 1 aliphatic rings. The molecular formula is C22H28F2N4O2. The standard InChI is InChI=1S/C22H28F2N4O2/c1-5-10-28(11-6-2)17-13-14(7-3)12-16(26-17)15-8-9-25-20-18(15)19(22(4,23)24)30-21(29)27-20/h8-9,12-13,19H,5-7,10-11H2,1-4H3,(H,25,27,29)/t19-/m1/s1. The van der Waals surface area contributed by atoms with E-state index in [9.17, 15) is 13.6 Å². The lowest BCUT2D eigenvalue weighted by Gasteiger charge is -2.31. The zero-order valence-electron chi connectivity index (χ0n) is 17.8. The molecule has 8 heteroatoms. The zero-order valence-corrected chi connectivity index (χ0v) is 17.8. The Hall–Kier alpha value is -2.77. The average Bonchev–Trinajstić information content (AvgIpc) is 2.71. The normalized spacial score (nSPS) is 15.9. The summed E-state index contributed by atoms with van der Waals surface area (Å²) in [5.74, 6) is -2.37. The number of nitrogens with one attached hydrogen (secondary N) is 1. The summed E-state index contributed by atoms with van der Waals surface area (Å²) in [6.07, 6.45) is 1.54. The smallest absolute Gasteiger partial charge is 0.413 e.